The van der Waals surface area contributed by atoms with Crippen molar-refractivity contribution >= 4 is 11.5 Å². The second kappa shape index (κ2) is 9.36. The largest absolute Gasteiger partial charge is 0.481 e. The Kier molecular flexibility index (Phi) is 7.11. The summed E-state index contributed by atoms with van der Waals surface area (Å²) in [5.74, 6) is -0.965. The van der Waals surface area contributed by atoms with Crippen molar-refractivity contribution < 1.29 is 23.1 Å². The summed E-state index contributed by atoms with van der Waals surface area (Å²) < 4.78 is 39.5. The number of aryl methyl sites for hydroxylation is 1. The van der Waals surface area contributed by atoms with Crippen molar-refractivity contribution in [2.24, 2.45) is 0 Å². The molecule has 0 aliphatic heterocycles. The van der Waals surface area contributed by atoms with Crippen molar-refractivity contribution in [3.05, 3.63) is 76.4 Å². The summed E-state index contributed by atoms with van der Waals surface area (Å²) >= 11 is 0. The number of rotatable bonds is 7. The lowest BCUT2D eigenvalue weighted by molar-refractivity contribution is -0.138. The van der Waals surface area contributed by atoms with Gasteiger partial charge in [0.25, 0.3) is 0 Å². The van der Waals surface area contributed by atoms with Gasteiger partial charge in [-0.15, -0.1) is 0 Å². The quantitative estimate of drug-likeness (QED) is 0.457. The van der Waals surface area contributed by atoms with Crippen molar-refractivity contribution in [1.29, 1.82) is 0 Å². The van der Waals surface area contributed by atoms with E-state index in [2.05, 4.69) is 45.9 Å². The molecule has 0 saturated heterocycles. The number of halogens is 3. The minimum atomic E-state index is -4.43. The summed E-state index contributed by atoms with van der Waals surface area (Å²) in [6, 6.07) is 11.8. The maximum Gasteiger partial charge on any atom is 0.416 e. The van der Waals surface area contributed by atoms with Crippen molar-refractivity contribution in [2.75, 3.05) is 0 Å². The fourth-order valence-corrected chi connectivity index (χ4v) is 4.71. The first-order valence-electron chi connectivity index (χ1n) is 11.5. The molecule has 2 nitrogen and oxygen atoms in total. The molecule has 1 aliphatic rings. The Morgan fingerprint density at radius 2 is 1.64 bits per heavy atom. The molecular formula is C28H33F3O2. The predicted molar refractivity (Wildman–Crippen MR) is 126 cm³/mol. The molecule has 0 amide bonds. The Labute approximate surface area is 194 Å². The van der Waals surface area contributed by atoms with E-state index in [4.69, 9.17) is 5.11 Å². The van der Waals surface area contributed by atoms with Crippen LogP contribution >= 0.6 is 0 Å². The molecule has 1 aliphatic carbocycles. The second-order valence-corrected chi connectivity index (χ2v) is 10.4. The molecule has 0 saturated carbocycles. The first kappa shape index (κ1) is 25.1. The van der Waals surface area contributed by atoms with Crippen LogP contribution in [0.15, 0.2) is 48.5 Å². The number of fused-ring (bicyclic) bond motifs is 1. The third-order valence-corrected chi connectivity index (χ3v) is 6.91. The molecule has 0 bridgehead atoms. The minimum absolute atomic E-state index is 0.112. The molecule has 2 aromatic rings. The molecular weight excluding hydrogens is 425 g/mol. The van der Waals surface area contributed by atoms with Gasteiger partial charge in [0.15, 0.2) is 0 Å². The zero-order valence-corrected chi connectivity index (χ0v) is 19.9. The van der Waals surface area contributed by atoms with Crippen molar-refractivity contribution in [1.82, 2.24) is 0 Å². The van der Waals surface area contributed by atoms with Crippen LogP contribution in [0.1, 0.15) is 87.6 Å². The molecule has 3 rings (SSSR count). The molecule has 0 heterocycles. The first-order chi connectivity index (χ1) is 15.3. The Balaban J connectivity index is 1.84. The van der Waals surface area contributed by atoms with Gasteiger partial charge in [-0.05, 0) is 82.9 Å². The van der Waals surface area contributed by atoms with Gasteiger partial charge in [0, 0.05) is 6.42 Å². The predicted octanol–water partition coefficient (Wildman–Crippen LogP) is 7.94. The molecule has 0 radical (unpaired) electrons. The van der Waals surface area contributed by atoms with E-state index in [1.165, 1.54) is 22.8 Å². The van der Waals surface area contributed by atoms with Crippen molar-refractivity contribution in [3.8, 4) is 0 Å². The number of benzene rings is 2. The molecule has 178 valence electrons. The van der Waals surface area contributed by atoms with Gasteiger partial charge in [-0.3, -0.25) is 4.79 Å². The maximum absolute atomic E-state index is 13.2. The van der Waals surface area contributed by atoms with Crippen LogP contribution in [0, 0.1) is 0 Å². The van der Waals surface area contributed by atoms with Crippen LogP contribution in [0.2, 0.25) is 0 Å². The van der Waals surface area contributed by atoms with E-state index >= 15 is 0 Å². The highest BCUT2D eigenvalue weighted by Crippen LogP contribution is 2.46. The van der Waals surface area contributed by atoms with Crippen LogP contribution in [0.4, 0.5) is 13.2 Å². The van der Waals surface area contributed by atoms with Gasteiger partial charge in [-0.2, -0.15) is 13.2 Å². The van der Waals surface area contributed by atoms with Crippen molar-refractivity contribution in [2.45, 2.75) is 83.2 Å². The maximum atomic E-state index is 13.2. The lowest BCUT2D eigenvalue weighted by Crippen LogP contribution is -2.33. The standard InChI is InChI=1S/C28H33F3O2/c1-26(2)15-16-27(3,4)24-17-19(11-13-23(24)26)7-5-8-20(12-14-25(32)33)21-9-6-10-22(18-21)28(29,30)31/h6,8-11,13,17-18H,5,7,12,14-16H2,1-4H3,(H,32,33)/b20-8+. The summed E-state index contributed by atoms with van der Waals surface area (Å²) in [7, 11) is 0. The Morgan fingerprint density at radius 3 is 2.27 bits per heavy atom. The highest BCUT2D eigenvalue weighted by molar-refractivity contribution is 5.73. The van der Waals surface area contributed by atoms with Crippen LogP contribution < -0.4 is 0 Å². The van der Waals surface area contributed by atoms with Crippen LogP contribution in [0.5, 0.6) is 0 Å². The minimum Gasteiger partial charge on any atom is -0.481 e. The first-order valence-corrected chi connectivity index (χ1v) is 11.5. The molecule has 0 spiro atoms. The highest BCUT2D eigenvalue weighted by Gasteiger charge is 2.36. The average Bonchev–Trinajstić information content (AvgIpc) is 2.73. The van der Waals surface area contributed by atoms with Crippen LogP contribution in [-0.4, -0.2) is 11.1 Å². The topological polar surface area (TPSA) is 37.3 Å². The lowest BCUT2D eigenvalue weighted by atomic mass is 9.63. The molecule has 0 fully saturated rings. The summed E-state index contributed by atoms with van der Waals surface area (Å²) in [5, 5.41) is 9.09. The van der Waals surface area contributed by atoms with E-state index in [0.717, 1.165) is 31.4 Å². The zero-order chi connectivity index (χ0) is 24.4. The zero-order valence-electron chi connectivity index (χ0n) is 19.9. The lowest BCUT2D eigenvalue weighted by Gasteiger charge is -2.42. The smallest absolute Gasteiger partial charge is 0.416 e. The fraction of sp³-hybridized carbons (Fsp3) is 0.464. The third kappa shape index (κ3) is 6.07. The normalized spacial score (nSPS) is 17.5. The number of hydrogen-bond acceptors (Lipinski definition) is 1. The number of aliphatic carboxylic acids is 1. The number of hydrogen-bond donors (Lipinski definition) is 1. The van der Waals surface area contributed by atoms with E-state index in [0.29, 0.717) is 17.6 Å². The molecule has 5 heteroatoms. The van der Waals surface area contributed by atoms with E-state index < -0.39 is 17.7 Å². The Hall–Kier alpha value is -2.56. The van der Waals surface area contributed by atoms with Gasteiger partial charge in [0.1, 0.15) is 0 Å². The van der Waals surface area contributed by atoms with Crippen molar-refractivity contribution in [3.63, 3.8) is 0 Å². The number of carbonyl (C=O) groups is 1. The van der Waals surface area contributed by atoms with E-state index in [1.54, 1.807) is 6.07 Å². The Bertz CT molecular complexity index is 1050. The summed E-state index contributed by atoms with van der Waals surface area (Å²) in [6.45, 7) is 9.13. The van der Waals surface area contributed by atoms with E-state index in [9.17, 15) is 18.0 Å². The summed E-state index contributed by atoms with van der Waals surface area (Å²) in [6.07, 6.45) is 1.20. The molecule has 2 aromatic carbocycles. The van der Waals surface area contributed by atoms with Gasteiger partial charge in [0.2, 0.25) is 0 Å². The SMILES string of the molecule is CC1(C)CCC(C)(C)c2cc(CC/C=C(\CCC(=O)O)c3cccc(C(F)(F)F)c3)ccc21. The van der Waals surface area contributed by atoms with Crippen LogP contribution in [0.25, 0.3) is 5.57 Å². The van der Waals surface area contributed by atoms with Gasteiger partial charge in [0.05, 0.1) is 5.56 Å². The van der Waals surface area contributed by atoms with Gasteiger partial charge < -0.3 is 5.11 Å². The van der Waals surface area contributed by atoms with Gasteiger partial charge >= 0.3 is 12.1 Å². The number of allylic oxidation sites excluding steroid dienone is 2. The third-order valence-electron chi connectivity index (χ3n) is 6.91. The fourth-order valence-electron chi connectivity index (χ4n) is 4.71. The van der Waals surface area contributed by atoms with E-state index in [-0.39, 0.29) is 23.7 Å². The molecule has 0 aromatic heterocycles. The second-order valence-electron chi connectivity index (χ2n) is 10.4. The van der Waals surface area contributed by atoms with Crippen LogP contribution in [0.3, 0.4) is 0 Å². The van der Waals surface area contributed by atoms with E-state index in [1.807, 2.05) is 6.08 Å². The average molecular weight is 459 g/mol. The molecule has 1 N–H and O–H groups in total. The summed E-state index contributed by atoms with van der Waals surface area (Å²) in [4.78, 5) is 11.1. The molecule has 0 atom stereocenters. The molecule has 0 unspecified atom stereocenters. The Morgan fingerprint density at radius 1 is 0.970 bits per heavy atom. The van der Waals surface area contributed by atoms with Crippen LogP contribution in [-0.2, 0) is 28.2 Å². The van der Waals surface area contributed by atoms with Gasteiger partial charge in [-0.1, -0.05) is 64.1 Å². The monoisotopic (exact) mass is 458 g/mol. The number of carboxylic acids is 1. The highest BCUT2D eigenvalue weighted by atomic mass is 19.4. The summed E-state index contributed by atoms with van der Waals surface area (Å²) in [5.41, 5.74) is 4.58. The number of carboxylic acid groups (broad SMARTS) is 1. The molecule has 33 heavy (non-hydrogen) atoms. The number of alkyl halides is 3. The van der Waals surface area contributed by atoms with Gasteiger partial charge in [-0.25, -0.2) is 0 Å².